The third-order valence-electron chi connectivity index (χ3n) is 3.86. The predicted molar refractivity (Wildman–Crippen MR) is 56.7 cm³/mol. The molecule has 14 heavy (non-hydrogen) atoms. The first-order valence-electron chi connectivity index (χ1n) is 5.91. The van der Waals surface area contributed by atoms with E-state index in [1.54, 1.807) is 0 Å². The Balaban J connectivity index is 1.89. The molecule has 0 radical (unpaired) electrons. The highest BCUT2D eigenvalue weighted by Gasteiger charge is 2.37. The fourth-order valence-electron chi connectivity index (χ4n) is 2.46. The zero-order valence-corrected chi connectivity index (χ0v) is 9.05. The van der Waals surface area contributed by atoms with Crippen LogP contribution in [-0.2, 0) is 0 Å². The molecule has 0 amide bonds. The number of rotatable bonds is 4. The monoisotopic (exact) mass is 192 g/mol. The molecule has 0 aromatic carbocycles. The van der Waals surface area contributed by atoms with E-state index in [2.05, 4.69) is 18.3 Å². The summed E-state index contributed by atoms with van der Waals surface area (Å²) in [5.41, 5.74) is -0.251. The van der Waals surface area contributed by atoms with Crippen LogP contribution in [0.1, 0.15) is 45.4 Å². The van der Waals surface area contributed by atoms with E-state index in [-0.39, 0.29) is 5.54 Å². The molecule has 2 aliphatic carbocycles. The van der Waals surface area contributed by atoms with E-state index in [1.165, 1.54) is 38.5 Å². The van der Waals surface area contributed by atoms with Gasteiger partial charge >= 0.3 is 0 Å². The third-order valence-corrected chi connectivity index (χ3v) is 3.86. The van der Waals surface area contributed by atoms with Gasteiger partial charge in [-0.3, -0.25) is 5.32 Å². The predicted octanol–water partition coefficient (Wildman–Crippen LogP) is 2.46. The summed E-state index contributed by atoms with van der Waals surface area (Å²) >= 11 is 0. The van der Waals surface area contributed by atoms with Gasteiger partial charge in [0.1, 0.15) is 5.54 Å². The van der Waals surface area contributed by atoms with Crippen LogP contribution >= 0.6 is 0 Å². The van der Waals surface area contributed by atoms with Crippen molar-refractivity contribution in [2.24, 2.45) is 11.8 Å². The maximum Gasteiger partial charge on any atom is 0.106 e. The maximum absolute atomic E-state index is 9.27. The van der Waals surface area contributed by atoms with Gasteiger partial charge in [-0.2, -0.15) is 5.26 Å². The summed E-state index contributed by atoms with van der Waals surface area (Å²) < 4.78 is 0. The largest absolute Gasteiger partial charge is 0.299 e. The first-order chi connectivity index (χ1) is 6.74. The minimum atomic E-state index is -0.251. The number of nitrogens with zero attached hydrogens (tertiary/aromatic N) is 1. The molecule has 2 aliphatic rings. The van der Waals surface area contributed by atoms with E-state index >= 15 is 0 Å². The summed E-state index contributed by atoms with van der Waals surface area (Å²) in [6, 6.07) is 2.49. The number of hydrogen-bond acceptors (Lipinski definition) is 2. The van der Waals surface area contributed by atoms with Crippen LogP contribution in [0.4, 0.5) is 0 Å². The second-order valence-corrected chi connectivity index (χ2v) is 5.12. The van der Waals surface area contributed by atoms with Crippen LogP contribution in [0.25, 0.3) is 0 Å². The van der Waals surface area contributed by atoms with Gasteiger partial charge in [-0.05, 0) is 51.0 Å². The minimum absolute atomic E-state index is 0.251. The van der Waals surface area contributed by atoms with Gasteiger partial charge in [0.05, 0.1) is 6.07 Å². The summed E-state index contributed by atoms with van der Waals surface area (Å²) in [6.45, 7) is 3.14. The summed E-state index contributed by atoms with van der Waals surface area (Å²) in [6.07, 6.45) is 7.82. The highest BCUT2D eigenvalue weighted by molar-refractivity contribution is 5.09. The molecule has 1 N–H and O–H groups in total. The number of hydrogen-bond donors (Lipinski definition) is 1. The molecule has 2 fully saturated rings. The van der Waals surface area contributed by atoms with Gasteiger partial charge in [0.2, 0.25) is 0 Å². The average Bonchev–Trinajstić information content (AvgIpc) is 2.87. The van der Waals surface area contributed by atoms with Crippen molar-refractivity contribution in [3.8, 4) is 6.07 Å². The van der Waals surface area contributed by atoms with E-state index in [0.717, 1.165) is 12.5 Å². The maximum atomic E-state index is 9.27. The van der Waals surface area contributed by atoms with E-state index in [9.17, 15) is 5.26 Å². The molecule has 0 saturated heterocycles. The average molecular weight is 192 g/mol. The molecule has 0 heterocycles. The Hall–Kier alpha value is -0.550. The van der Waals surface area contributed by atoms with Gasteiger partial charge in [-0.25, -0.2) is 0 Å². The van der Waals surface area contributed by atoms with E-state index in [1.807, 2.05) is 0 Å². The van der Waals surface area contributed by atoms with Gasteiger partial charge in [-0.1, -0.05) is 12.8 Å². The van der Waals surface area contributed by atoms with Crippen molar-refractivity contribution < 1.29 is 0 Å². The molecule has 1 atom stereocenters. The van der Waals surface area contributed by atoms with E-state index in [4.69, 9.17) is 0 Å². The Morgan fingerprint density at radius 2 is 1.93 bits per heavy atom. The topological polar surface area (TPSA) is 35.8 Å². The smallest absolute Gasteiger partial charge is 0.106 e. The highest BCUT2D eigenvalue weighted by atomic mass is 15.0. The zero-order chi connectivity index (χ0) is 10.0. The minimum Gasteiger partial charge on any atom is -0.299 e. The molecule has 0 spiro atoms. The summed E-state index contributed by atoms with van der Waals surface area (Å²) in [5.74, 6) is 1.45. The molecule has 1 unspecified atom stereocenters. The SMILES string of the molecule is CC(C#N)(NCC1CC1)C1CCCC1. The second-order valence-electron chi connectivity index (χ2n) is 5.12. The lowest BCUT2D eigenvalue weighted by molar-refractivity contribution is 0.298. The van der Waals surface area contributed by atoms with Gasteiger partial charge < -0.3 is 0 Å². The fourth-order valence-corrected chi connectivity index (χ4v) is 2.46. The molecule has 2 saturated carbocycles. The lowest BCUT2D eigenvalue weighted by Crippen LogP contribution is -2.47. The van der Waals surface area contributed by atoms with Crippen LogP contribution in [0.15, 0.2) is 0 Å². The quantitative estimate of drug-likeness (QED) is 0.742. The van der Waals surface area contributed by atoms with Crippen molar-refractivity contribution >= 4 is 0 Å². The summed E-state index contributed by atoms with van der Waals surface area (Å²) in [4.78, 5) is 0. The summed E-state index contributed by atoms with van der Waals surface area (Å²) in [7, 11) is 0. The molecule has 0 aliphatic heterocycles. The van der Waals surface area contributed by atoms with Crippen LogP contribution in [0.3, 0.4) is 0 Å². The Morgan fingerprint density at radius 3 is 2.43 bits per heavy atom. The molecule has 78 valence electrons. The normalized spacial score (nSPS) is 27.1. The van der Waals surface area contributed by atoms with Crippen LogP contribution in [-0.4, -0.2) is 12.1 Å². The molecular formula is C12H20N2. The van der Waals surface area contributed by atoms with Crippen molar-refractivity contribution in [2.75, 3.05) is 6.54 Å². The first kappa shape index (κ1) is 9.98. The number of nitrogens with one attached hydrogen (secondary N) is 1. The fraction of sp³-hybridized carbons (Fsp3) is 0.917. The Labute approximate surface area is 86.7 Å². The van der Waals surface area contributed by atoms with Crippen LogP contribution in [0.5, 0.6) is 0 Å². The van der Waals surface area contributed by atoms with Crippen molar-refractivity contribution in [3.63, 3.8) is 0 Å². The molecule has 0 bridgehead atoms. The number of nitriles is 1. The first-order valence-corrected chi connectivity index (χ1v) is 5.91. The molecule has 2 heteroatoms. The van der Waals surface area contributed by atoms with Gasteiger partial charge in [0.15, 0.2) is 0 Å². The molecule has 2 rings (SSSR count). The van der Waals surface area contributed by atoms with Crippen molar-refractivity contribution in [3.05, 3.63) is 0 Å². The molecular weight excluding hydrogens is 172 g/mol. The van der Waals surface area contributed by atoms with Crippen molar-refractivity contribution in [1.29, 1.82) is 5.26 Å². The molecule has 0 aromatic heterocycles. The Morgan fingerprint density at radius 1 is 1.29 bits per heavy atom. The van der Waals surface area contributed by atoms with E-state index in [0.29, 0.717) is 5.92 Å². The summed E-state index contributed by atoms with van der Waals surface area (Å²) in [5, 5.41) is 12.8. The molecule has 2 nitrogen and oxygen atoms in total. The lowest BCUT2D eigenvalue weighted by atomic mass is 9.85. The van der Waals surface area contributed by atoms with Crippen molar-refractivity contribution in [1.82, 2.24) is 5.32 Å². The van der Waals surface area contributed by atoms with Crippen LogP contribution in [0, 0.1) is 23.2 Å². The zero-order valence-electron chi connectivity index (χ0n) is 9.05. The second kappa shape index (κ2) is 3.90. The van der Waals surface area contributed by atoms with Gasteiger partial charge in [-0.15, -0.1) is 0 Å². The van der Waals surface area contributed by atoms with Gasteiger partial charge in [0.25, 0.3) is 0 Å². The van der Waals surface area contributed by atoms with Crippen molar-refractivity contribution in [2.45, 2.75) is 51.0 Å². The Bertz CT molecular complexity index is 233. The van der Waals surface area contributed by atoms with Crippen LogP contribution < -0.4 is 5.32 Å². The van der Waals surface area contributed by atoms with Crippen LogP contribution in [0.2, 0.25) is 0 Å². The standard InChI is InChI=1S/C12H20N2/c1-12(9-13,11-4-2-3-5-11)14-8-10-6-7-10/h10-11,14H,2-8H2,1H3. The molecule has 0 aromatic rings. The highest BCUT2D eigenvalue weighted by Crippen LogP contribution is 2.35. The van der Waals surface area contributed by atoms with E-state index < -0.39 is 0 Å². The van der Waals surface area contributed by atoms with Gasteiger partial charge in [0, 0.05) is 0 Å². The third kappa shape index (κ3) is 2.09. The lowest BCUT2D eigenvalue weighted by Gasteiger charge is -2.29. The Kier molecular flexibility index (Phi) is 2.78.